The summed E-state index contributed by atoms with van der Waals surface area (Å²) in [5, 5.41) is 9.94. The van der Waals surface area contributed by atoms with E-state index in [-0.39, 0.29) is 10.6 Å². The number of hydrogen-bond acceptors (Lipinski definition) is 5. The van der Waals surface area contributed by atoms with E-state index in [4.69, 9.17) is 9.47 Å². The van der Waals surface area contributed by atoms with E-state index in [0.717, 1.165) is 11.8 Å². The number of aromatic amines is 1. The maximum absolute atomic E-state index is 11.6. The molecule has 0 amide bonds. The van der Waals surface area contributed by atoms with Gasteiger partial charge in [-0.05, 0) is 42.0 Å². The van der Waals surface area contributed by atoms with Crippen molar-refractivity contribution in [3.63, 3.8) is 0 Å². The summed E-state index contributed by atoms with van der Waals surface area (Å²) in [7, 11) is -3.30. The van der Waals surface area contributed by atoms with Crippen LogP contribution in [0.1, 0.15) is 16.1 Å². The van der Waals surface area contributed by atoms with Crippen LogP contribution in [0.5, 0.6) is 17.2 Å². The minimum atomic E-state index is -3.30. The molecule has 0 aliphatic heterocycles. The molecule has 0 radical (unpaired) electrons. The van der Waals surface area contributed by atoms with E-state index in [9.17, 15) is 18.3 Å². The third-order valence-electron chi connectivity index (χ3n) is 4.62. The van der Waals surface area contributed by atoms with Crippen molar-refractivity contribution < 1.29 is 27.8 Å². The minimum absolute atomic E-state index is 0.0363. The highest BCUT2D eigenvalue weighted by molar-refractivity contribution is 7.90. The lowest BCUT2D eigenvalue weighted by atomic mass is 10.2. The first-order valence-electron chi connectivity index (χ1n) is 9.34. The molecule has 1 heterocycles. The Bertz CT molecular complexity index is 1340. The van der Waals surface area contributed by atoms with Crippen LogP contribution in [0.15, 0.2) is 77.7 Å². The summed E-state index contributed by atoms with van der Waals surface area (Å²) in [5.41, 5.74) is 1.55. The number of carboxylic acid groups (broad SMARTS) is 1. The van der Waals surface area contributed by atoms with Gasteiger partial charge in [-0.1, -0.05) is 30.3 Å². The van der Waals surface area contributed by atoms with Gasteiger partial charge in [0.05, 0.1) is 10.4 Å². The number of nitrogens with one attached hydrogen (secondary N) is 1. The third kappa shape index (κ3) is 4.70. The van der Waals surface area contributed by atoms with Crippen LogP contribution in [0.2, 0.25) is 0 Å². The average molecular weight is 437 g/mol. The first-order chi connectivity index (χ1) is 14.8. The monoisotopic (exact) mass is 437 g/mol. The molecule has 4 rings (SSSR count). The van der Waals surface area contributed by atoms with E-state index in [0.29, 0.717) is 34.8 Å². The number of carbonyl (C=O) groups is 1. The number of rotatable bonds is 7. The number of ether oxygens (including phenoxy) is 2. The molecular formula is C23H19NO6S. The molecule has 0 atom stereocenters. The van der Waals surface area contributed by atoms with Gasteiger partial charge in [0.2, 0.25) is 0 Å². The number of H-pyrrole nitrogens is 1. The molecule has 1 aromatic heterocycles. The van der Waals surface area contributed by atoms with Crippen molar-refractivity contribution in [3.8, 4) is 17.2 Å². The maximum Gasteiger partial charge on any atom is 0.352 e. The molecule has 0 bridgehead atoms. The van der Waals surface area contributed by atoms with Gasteiger partial charge in [-0.2, -0.15) is 0 Å². The summed E-state index contributed by atoms with van der Waals surface area (Å²) in [6.07, 6.45) is 1.14. The number of aromatic carboxylic acids is 1. The van der Waals surface area contributed by atoms with Gasteiger partial charge in [0.15, 0.2) is 9.84 Å². The summed E-state index contributed by atoms with van der Waals surface area (Å²) < 4.78 is 35.1. The summed E-state index contributed by atoms with van der Waals surface area (Å²) in [4.78, 5) is 14.5. The van der Waals surface area contributed by atoms with Gasteiger partial charge in [-0.25, -0.2) is 13.2 Å². The zero-order valence-electron chi connectivity index (χ0n) is 16.5. The molecule has 0 saturated heterocycles. The SMILES string of the molecule is CS(=O)(=O)c1ccc(Oc2cc(OCc3ccccc3)c3[nH]c(C(=O)O)cc3c2)cc1. The topological polar surface area (TPSA) is 106 Å². The predicted octanol–water partition coefficient (Wildman–Crippen LogP) is 4.64. The van der Waals surface area contributed by atoms with Gasteiger partial charge < -0.3 is 19.6 Å². The van der Waals surface area contributed by atoms with Crippen LogP contribution in [0.25, 0.3) is 10.9 Å². The number of carboxylic acids is 1. The zero-order chi connectivity index (χ0) is 22.0. The van der Waals surface area contributed by atoms with E-state index in [1.54, 1.807) is 24.3 Å². The van der Waals surface area contributed by atoms with Crippen molar-refractivity contribution in [3.05, 3.63) is 84.1 Å². The zero-order valence-corrected chi connectivity index (χ0v) is 17.3. The minimum Gasteiger partial charge on any atom is -0.487 e. The van der Waals surface area contributed by atoms with E-state index in [2.05, 4.69) is 4.98 Å². The van der Waals surface area contributed by atoms with Crippen molar-refractivity contribution in [1.29, 1.82) is 0 Å². The van der Waals surface area contributed by atoms with Gasteiger partial charge in [0.1, 0.15) is 29.5 Å². The van der Waals surface area contributed by atoms with Crippen LogP contribution in [-0.2, 0) is 16.4 Å². The van der Waals surface area contributed by atoms with Crippen LogP contribution in [0.4, 0.5) is 0 Å². The first kappa shape index (κ1) is 20.5. The Kier molecular flexibility index (Phi) is 5.39. The van der Waals surface area contributed by atoms with E-state index < -0.39 is 15.8 Å². The Labute approximate surface area is 178 Å². The summed E-state index contributed by atoms with van der Waals surface area (Å²) in [6.45, 7) is 0.296. The number of sulfone groups is 1. The van der Waals surface area contributed by atoms with Crippen molar-refractivity contribution in [1.82, 2.24) is 4.98 Å². The van der Waals surface area contributed by atoms with Crippen LogP contribution < -0.4 is 9.47 Å². The standard InChI is InChI=1S/C23H19NO6S/c1-31(27,28)19-9-7-17(8-10-19)30-18-11-16-12-20(23(25)26)24-22(16)21(13-18)29-14-15-5-3-2-4-6-15/h2-13,24H,14H2,1H3,(H,25,26). The molecule has 0 aliphatic carbocycles. The summed E-state index contributed by atoms with van der Waals surface area (Å²) in [5.74, 6) is 0.231. The van der Waals surface area contributed by atoms with Gasteiger partial charge in [-0.15, -0.1) is 0 Å². The van der Waals surface area contributed by atoms with Crippen LogP contribution in [0, 0.1) is 0 Å². The van der Waals surface area contributed by atoms with Gasteiger partial charge in [-0.3, -0.25) is 0 Å². The largest absolute Gasteiger partial charge is 0.487 e. The molecule has 7 nitrogen and oxygen atoms in total. The Hall–Kier alpha value is -3.78. The Morgan fingerprint density at radius 2 is 1.68 bits per heavy atom. The molecule has 2 N–H and O–H groups in total. The Balaban J connectivity index is 1.67. The van der Waals surface area contributed by atoms with Gasteiger partial charge >= 0.3 is 5.97 Å². The molecule has 0 aliphatic rings. The smallest absolute Gasteiger partial charge is 0.352 e. The average Bonchev–Trinajstić information content (AvgIpc) is 3.17. The van der Waals surface area contributed by atoms with Gasteiger partial charge in [0.25, 0.3) is 0 Å². The lowest BCUT2D eigenvalue weighted by Gasteiger charge is -2.11. The number of aromatic nitrogens is 1. The highest BCUT2D eigenvalue weighted by Gasteiger charge is 2.14. The Morgan fingerprint density at radius 3 is 2.32 bits per heavy atom. The van der Waals surface area contributed by atoms with E-state index >= 15 is 0 Å². The molecule has 0 spiro atoms. The van der Waals surface area contributed by atoms with Crippen molar-refractivity contribution >= 4 is 26.7 Å². The molecule has 0 saturated carbocycles. The first-order valence-corrected chi connectivity index (χ1v) is 11.2. The van der Waals surface area contributed by atoms with E-state index in [1.165, 1.54) is 18.2 Å². The molecule has 158 valence electrons. The second-order valence-corrected chi connectivity index (χ2v) is 9.01. The quantitative estimate of drug-likeness (QED) is 0.436. The van der Waals surface area contributed by atoms with Crippen molar-refractivity contribution in [2.45, 2.75) is 11.5 Å². The second kappa shape index (κ2) is 8.16. The van der Waals surface area contributed by atoms with Crippen molar-refractivity contribution in [2.75, 3.05) is 6.26 Å². The van der Waals surface area contributed by atoms with Crippen molar-refractivity contribution in [2.24, 2.45) is 0 Å². The van der Waals surface area contributed by atoms with Crippen LogP contribution >= 0.6 is 0 Å². The number of fused-ring (bicyclic) bond motifs is 1. The normalized spacial score (nSPS) is 11.4. The predicted molar refractivity (Wildman–Crippen MR) is 116 cm³/mol. The molecule has 31 heavy (non-hydrogen) atoms. The highest BCUT2D eigenvalue weighted by atomic mass is 32.2. The lowest BCUT2D eigenvalue weighted by Crippen LogP contribution is -1.98. The van der Waals surface area contributed by atoms with E-state index in [1.807, 2.05) is 30.3 Å². The molecule has 3 aromatic carbocycles. The summed E-state index contributed by atoms with van der Waals surface area (Å²) >= 11 is 0. The van der Waals surface area contributed by atoms with Gasteiger partial charge in [0, 0.05) is 17.7 Å². The molecule has 0 fully saturated rings. The Morgan fingerprint density at radius 1 is 0.968 bits per heavy atom. The number of hydrogen-bond donors (Lipinski definition) is 2. The van der Waals surface area contributed by atoms with Crippen LogP contribution in [0.3, 0.4) is 0 Å². The van der Waals surface area contributed by atoms with Crippen LogP contribution in [-0.4, -0.2) is 30.7 Å². The fourth-order valence-corrected chi connectivity index (χ4v) is 3.73. The molecule has 0 unspecified atom stereocenters. The lowest BCUT2D eigenvalue weighted by molar-refractivity contribution is 0.0691. The molecule has 8 heteroatoms. The molecular weight excluding hydrogens is 418 g/mol. The molecule has 4 aromatic rings. The fraction of sp³-hybridized carbons (Fsp3) is 0.0870. The summed E-state index contributed by atoms with van der Waals surface area (Å²) in [6, 6.07) is 20.5. The fourth-order valence-electron chi connectivity index (χ4n) is 3.10. The highest BCUT2D eigenvalue weighted by Crippen LogP contribution is 2.34. The maximum atomic E-state index is 11.6. The second-order valence-electron chi connectivity index (χ2n) is 6.99. The number of benzene rings is 3. The third-order valence-corrected chi connectivity index (χ3v) is 5.75.